The molecule has 1 aromatic carbocycles. The third-order valence-corrected chi connectivity index (χ3v) is 8.23. The number of nitrogens with zero attached hydrogens (tertiary/aromatic N) is 4. The van der Waals surface area contributed by atoms with Gasteiger partial charge in [0.1, 0.15) is 11.5 Å². The van der Waals surface area contributed by atoms with Crippen molar-refractivity contribution in [3.05, 3.63) is 58.2 Å². The minimum absolute atomic E-state index is 0.0454. The number of ketones is 1. The van der Waals surface area contributed by atoms with Gasteiger partial charge in [0.05, 0.1) is 0 Å². The van der Waals surface area contributed by atoms with Crippen molar-refractivity contribution in [3.63, 3.8) is 0 Å². The van der Waals surface area contributed by atoms with Gasteiger partial charge >= 0.3 is 5.97 Å². The van der Waals surface area contributed by atoms with Crippen LogP contribution in [0.4, 0.5) is 0 Å². The number of rotatable bonds is 7. The van der Waals surface area contributed by atoms with Crippen molar-refractivity contribution in [2.45, 2.75) is 91.1 Å². The monoisotopic (exact) mass is 488 g/mol. The van der Waals surface area contributed by atoms with Crippen LogP contribution in [0.15, 0.2) is 24.3 Å². The molecule has 190 valence electrons. The van der Waals surface area contributed by atoms with Gasteiger partial charge in [0, 0.05) is 24.2 Å². The van der Waals surface area contributed by atoms with Crippen LogP contribution >= 0.6 is 0 Å². The zero-order valence-electron chi connectivity index (χ0n) is 21.8. The van der Waals surface area contributed by atoms with E-state index in [2.05, 4.69) is 47.1 Å². The molecule has 0 bridgehead atoms. The van der Waals surface area contributed by atoms with E-state index >= 15 is 0 Å². The van der Waals surface area contributed by atoms with E-state index in [1.165, 1.54) is 16.7 Å². The van der Waals surface area contributed by atoms with E-state index < -0.39 is 17.5 Å². The highest BCUT2D eigenvalue weighted by Gasteiger charge is 2.51. The molecule has 0 spiro atoms. The molecule has 1 saturated heterocycles. The lowest BCUT2D eigenvalue weighted by Crippen LogP contribution is -2.52. The molecule has 7 nitrogen and oxygen atoms in total. The Hall–Kier alpha value is -3.09. The molecule has 2 aromatic heterocycles. The molecule has 1 saturated carbocycles. The SMILES string of the molecule is CCc1cc(CCC2(C3CCCC3)CC(=O)C(Cc3nc4nc(C)cc(C)n4n3)C(=O)O2)ccc1C. The van der Waals surface area contributed by atoms with E-state index in [1.54, 1.807) is 4.52 Å². The van der Waals surface area contributed by atoms with Crippen LogP contribution < -0.4 is 0 Å². The summed E-state index contributed by atoms with van der Waals surface area (Å²) >= 11 is 0. The lowest BCUT2D eigenvalue weighted by molar-refractivity contribution is -0.185. The minimum Gasteiger partial charge on any atom is -0.458 e. The van der Waals surface area contributed by atoms with Gasteiger partial charge in [-0.1, -0.05) is 38.0 Å². The van der Waals surface area contributed by atoms with E-state index in [1.807, 2.05) is 19.9 Å². The predicted molar refractivity (Wildman–Crippen MR) is 137 cm³/mol. The average Bonchev–Trinajstić information content (AvgIpc) is 3.52. The smallest absolute Gasteiger partial charge is 0.317 e. The fourth-order valence-electron chi connectivity index (χ4n) is 6.17. The summed E-state index contributed by atoms with van der Waals surface area (Å²) in [6.07, 6.45) is 7.19. The number of fused-ring (bicyclic) bond motifs is 1. The summed E-state index contributed by atoms with van der Waals surface area (Å²) < 4.78 is 7.96. The zero-order valence-corrected chi connectivity index (χ0v) is 21.8. The highest BCUT2D eigenvalue weighted by atomic mass is 16.6. The number of Topliss-reactive ketones (excluding diaryl/α,β-unsaturated/α-hetero) is 1. The summed E-state index contributed by atoms with van der Waals surface area (Å²) in [5, 5.41) is 4.51. The highest BCUT2D eigenvalue weighted by molar-refractivity contribution is 6.01. The van der Waals surface area contributed by atoms with E-state index in [0.29, 0.717) is 18.0 Å². The molecule has 2 fully saturated rings. The van der Waals surface area contributed by atoms with Gasteiger partial charge in [0.2, 0.25) is 0 Å². The van der Waals surface area contributed by atoms with E-state index in [9.17, 15) is 9.59 Å². The molecule has 1 aliphatic heterocycles. The van der Waals surface area contributed by atoms with Crippen LogP contribution in [-0.2, 0) is 33.6 Å². The van der Waals surface area contributed by atoms with Crippen LogP contribution in [-0.4, -0.2) is 36.9 Å². The highest BCUT2D eigenvalue weighted by Crippen LogP contribution is 2.45. The maximum atomic E-state index is 13.5. The number of cyclic esters (lactones) is 1. The molecule has 5 rings (SSSR count). The predicted octanol–water partition coefficient (Wildman–Crippen LogP) is 4.85. The number of aromatic nitrogens is 4. The van der Waals surface area contributed by atoms with E-state index in [-0.39, 0.29) is 24.5 Å². The van der Waals surface area contributed by atoms with Crippen molar-refractivity contribution in [3.8, 4) is 0 Å². The molecule has 0 radical (unpaired) electrons. The average molecular weight is 489 g/mol. The fourth-order valence-corrected chi connectivity index (χ4v) is 6.17. The summed E-state index contributed by atoms with van der Waals surface area (Å²) in [6, 6.07) is 8.53. The molecular formula is C29H36N4O3. The summed E-state index contributed by atoms with van der Waals surface area (Å²) in [5.74, 6) is -0.141. The first kappa shape index (κ1) is 24.6. The first-order valence-corrected chi connectivity index (χ1v) is 13.3. The summed E-state index contributed by atoms with van der Waals surface area (Å²) in [6.45, 7) is 8.16. The van der Waals surface area contributed by atoms with Gasteiger partial charge in [-0.15, -0.1) is 5.10 Å². The maximum Gasteiger partial charge on any atom is 0.317 e. The summed E-state index contributed by atoms with van der Waals surface area (Å²) in [7, 11) is 0. The van der Waals surface area contributed by atoms with Crippen molar-refractivity contribution in [2.75, 3.05) is 0 Å². The van der Waals surface area contributed by atoms with Gasteiger partial charge in [0.15, 0.2) is 11.6 Å². The van der Waals surface area contributed by atoms with Crippen LogP contribution in [0, 0.1) is 32.6 Å². The van der Waals surface area contributed by atoms with Crippen molar-refractivity contribution in [1.82, 2.24) is 19.6 Å². The Bertz CT molecular complexity index is 1290. The van der Waals surface area contributed by atoms with Gasteiger partial charge in [0.25, 0.3) is 5.78 Å². The lowest BCUT2D eigenvalue weighted by Gasteiger charge is -2.43. The molecule has 0 amide bonds. The van der Waals surface area contributed by atoms with Crippen LogP contribution in [0.5, 0.6) is 0 Å². The van der Waals surface area contributed by atoms with Gasteiger partial charge in [-0.2, -0.15) is 4.98 Å². The molecule has 2 atom stereocenters. The van der Waals surface area contributed by atoms with Gasteiger partial charge in [-0.3, -0.25) is 9.59 Å². The summed E-state index contributed by atoms with van der Waals surface area (Å²) in [5.41, 5.74) is 4.95. The Kier molecular flexibility index (Phi) is 6.66. The number of carbonyl (C=O) groups is 2. The van der Waals surface area contributed by atoms with Crippen molar-refractivity contribution >= 4 is 17.5 Å². The summed E-state index contributed by atoms with van der Waals surface area (Å²) in [4.78, 5) is 35.8. The first-order valence-electron chi connectivity index (χ1n) is 13.3. The number of hydrogen-bond acceptors (Lipinski definition) is 6. The molecule has 7 heteroatoms. The topological polar surface area (TPSA) is 86.5 Å². The third kappa shape index (κ3) is 4.67. The van der Waals surface area contributed by atoms with Gasteiger partial charge in [-0.05, 0) is 81.5 Å². The van der Waals surface area contributed by atoms with Crippen LogP contribution in [0.25, 0.3) is 5.78 Å². The quantitative estimate of drug-likeness (QED) is 0.349. The number of esters is 1. The van der Waals surface area contributed by atoms with Crippen molar-refractivity contribution < 1.29 is 14.3 Å². The molecule has 2 aliphatic rings. The standard InChI is InChI=1S/C29H36N4O3/c1-5-22-15-21(11-10-18(22)2)12-13-29(23-8-6-7-9-23)17-25(34)24(27(35)36-29)16-26-31-28-30-19(3)14-20(4)33(28)32-26/h10-11,14-15,23-24H,5-9,12-13,16-17H2,1-4H3. The molecular weight excluding hydrogens is 452 g/mol. The largest absolute Gasteiger partial charge is 0.458 e. The Morgan fingerprint density at radius 1 is 1.08 bits per heavy atom. The Morgan fingerprint density at radius 2 is 1.86 bits per heavy atom. The van der Waals surface area contributed by atoms with E-state index in [0.717, 1.165) is 49.9 Å². The molecule has 3 heterocycles. The van der Waals surface area contributed by atoms with Crippen molar-refractivity contribution in [2.24, 2.45) is 11.8 Å². The van der Waals surface area contributed by atoms with Crippen LogP contribution in [0.1, 0.15) is 79.4 Å². The second-order valence-electron chi connectivity index (χ2n) is 10.8. The Labute approximate surface area is 212 Å². The molecule has 1 aliphatic carbocycles. The number of benzene rings is 1. The Morgan fingerprint density at radius 3 is 2.58 bits per heavy atom. The van der Waals surface area contributed by atoms with Gasteiger partial charge < -0.3 is 4.74 Å². The molecule has 36 heavy (non-hydrogen) atoms. The van der Waals surface area contributed by atoms with Crippen LogP contribution in [0.3, 0.4) is 0 Å². The number of ether oxygens (including phenoxy) is 1. The normalized spacial score (nSPS) is 22.9. The third-order valence-electron chi connectivity index (χ3n) is 8.23. The van der Waals surface area contributed by atoms with Crippen molar-refractivity contribution in [1.29, 1.82) is 0 Å². The minimum atomic E-state index is -0.857. The lowest BCUT2D eigenvalue weighted by atomic mass is 9.73. The second-order valence-corrected chi connectivity index (χ2v) is 10.8. The van der Waals surface area contributed by atoms with Crippen LogP contribution in [0.2, 0.25) is 0 Å². The first-order chi connectivity index (χ1) is 17.3. The fraction of sp³-hybridized carbons (Fsp3) is 0.552. The molecule has 0 N–H and O–H groups in total. The second kappa shape index (κ2) is 9.75. The molecule has 3 aromatic rings. The van der Waals surface area contributed by atoms with Gasteiger partial charge in [-0.25, -0.2) is 9.50 Å². The van der Waals surface area contributed by atoms with E-state index in [4.69, 9.17) is 4.74 Å². The number of aryl methyl sites for hydroxylation is 5. The number of carbonyl (C=O) groups excluding carboxylic acids is 2. The molecule has 2 unspecified atom stereocenters. The zero-order chi connectivity index (χ0) is 25.4. The Balaban J connectivity index is 1.36. The maximum absolute atomic E-state index is 13.5. The number of hydrogen-bond donors (Lipinski definition) is 0.